The van der Waals surface area contributed by atoms with E-state index in [4.69, 9.17) is 14.9 Å². The van der Waals surface area contributed by atoms with Crippen molar-refractivity contribution < 1.29 is 14.9 Å². The lowest BCUT2D eigenvalue weighted by Gasteiger charge is -2.04. The lowest BCUT2D eigenvalue weighted by atomic mass is 10.1. The minimum atomic E-state index is -0.829. The molecule has 20 heavy (non-hydrogen) atoms. The van der Waals surface area contributed by atoms with E-state index < -0.39 is 6.10 Å². The third-order valence-corrected chi connectivity index (χ3v) is 2.76. The minimum Gasteiger partial charge on any atom is -0.498 e. The number of aliphatic hydroxyl groups excluding tert-OH is 2. The van der Waals surface area contributed by atoms with Gasteiger partial charge in [-0.25, -0.2) is 0 Å². The molecule has 1 atom stereocenters. The Hall–Kier alpha value is -1.24. The first-order chi connectivity index (χ1) is 9.81. The Morgan fingerprint density at radius 1 is 1.05 bits per heavy atom. The van der Waals surface area contributed by atoms with Gasteiger partial charge in [0, 0.05) is 6.08 Å². The SMILES string of the molecule is CCCCCCCC/C=C\C#C/C=C\OC[C@@H](O)CO. The quantitative estimate of drug-likeness (QED) is 0.347. The van der Waals surface area contributed by atoms with E-state index in [1.54, 1.807) is 6.08 Å². The highest BCUT2D eigenvalue weighted by Gasteiger charge is 1.98. The summed E-state index contributed by atoms with van der Waals surface area (Å²) in [7, 11) is 0. The van der Waals surface area contributed by atoms with Gasteiger partial charge < -0.3 is 14.9 Å². The Morgan fingerprint density at radius 2 is 1.75 bits per heavy atom. The number of rotatable bonds is 11. The van der Waals surface area contributed by atoms with Crippen molar-refractivity contribution in [1.29, 1.82) is 0 Å². The fraction of sp³-hybridized carbons (Fsp3) is 0.647. The number of hydrogen-bond acceptors (Lipinski definition) is 3. The molecule has 0 aliphatic carbocycles. The zero-order valence-electron chi connectivity index (χ0n) is 12.6. The fourth-order valence-electron chi connectivity index (χ4n) is 1.58. The Kier molecular flexibility index (Phi) is 14.8. The van der Waals surface area contributed by atoms with Crippen LogP contribution in [0.1, 0.15) is 51.9 Å². The molecular formula is C17H28O3. The third-order valence-electron chi connectivity index (χ3n) is 2.76. The zero-order chi connectivity index (χ0) is 14.9. The molecule has 0 bridgehead atoms. The summed E-state index contributed by atoms with van der Waals surface area (Å²) in [5.74, 6) is 5.70. The van der Waals surface area contributed by atoms with E-state index in [-0.39, 0.29) is 13.2 Å². The molecule has 0 fully saturated rings. The molecule has 0 aliphatic heterocycles. The van der Waals surface area contributed by atoms with E-state index >= 15 is 0 Å². The molecule has 0 unspecified atom stereocenters. The number of allylic oxidation sites excluding steroid dienone is 3. The third kappa shape index (κ3) is 14.8. The van der Waals surface area contributed by atoms with Crippen molar-refractivity contribution in [2.45, 2.75) is 58.0 Å². The van der Waals surface area contributed by atoms with Crippen LogP contribution in [0.15, 0.2) is 24.5 Å². The van der Waals surface area contributed by atoms with Crippen LogP contribution in [0.25, 0.3) is 0 Å². The number of ether oxygens (including phenoxy) is 1. The molecule has 0 aromatic heterocycles. The topological polar surface area (TPSA) is 49.7 Å². The zero-order valence-corrected chi connectivity index (χ0v) is 12.6. The molecule has 0 saturated heterocycles. The summed E-state index contributed by atoms with van der Waals surface area (Å²) < 4.78 is 4.96. The van der Waals surface area contributed by atoms with Gasteiger partial charge in [0.2, 0.25) is 0 Å². The first-order valence-electron chi connectivity index (χ1n) is 7.52. The molecule has 114 valence electrons. The van der Waals surface area contributed by atoms with E-state index in [1.165, 1.54) is 44.8 Å². The van der Waals surface area contributed by atoms with Gasteiger partial charge in [-0.15, -0.1) is 0 Å². The van der Waals surface area contributed by atoms with E-state index in [2.05, 4.69) is 24.8 Å². The summed E-state index contributed by atoms with van der Waals surface area (Å²) in [6, 6.07) is 0. The molecule has 0 spiro atoms. The van der Waals surface area contributed by atoms with Gasteiger partial charge in [-0.3, -0.25) is 0 Å². The molecule has 3 heteroatoms. The van der Waals surface area contributed by atoms with Crippen LogP contribution in [-0.2, 0) is 4.74 Å². The maximum absolute atomic E-state index is 8.99. The van der Waals surface area contributed by atoms with Crippen LogP contribution in [0.2, 0.25) is 0 Å². The van der Waals surface area contributed by atoms with Crippen LogP contribution in [0.5, 0.6) is 0 Å². The van der Waals surface area contributed by atoms with E-state index in [0.717, 1.165) is 6.42 Å². The number of hydrogen-bond donors (Lipinski definition) is 2. The van der Waals surface area contributed by atoms with Crippen molar-refractivity contribution in [3.8, 4) is 11.8 Å². The molecule has 0 amide bonds. The van der Waals surface area contributed by atoms with Crippen molar-refractivity contribution >= 4 is 0 Å². The van der Waals surface area contributed by atoms with E-state index in [0.29, 0.717) is 0 Å². The molecule has 0 aromatic carbocycles. The molecular weight excluding hydrogens is 252 g/mol. The van der Waals surface area contributed by atoms with Crippen LogP contribution in [0, 0.1) is 11.8 Å². The highest BCUT2D eigenvalue weighted by molar-refractivity contribution is 5.22. The van der Waals surface area contributed by atoms with Crippen molar-refractivity contribution in [2.75, 3.05) is 13.2 Å². The van der Waals surface area contributed by atoms with Crippen LogP contribution < -0.4 is 0 Å². The Balaban J connectivity index is 3.42. The summed E-state index contributed by atoms with van der Waals surface area (Å²) in [6.07, 6.45) is 15.1. The average molecular weight is 280 g/mol. The number of aliphatic hydroxyl groups is 2. The van der Waals surface area contributed by atoms with Gasteiger partial charge in [0.25, 0.3) is 0 Å². The van der Waals surface area contributed by atoms with Gasteiger partial charge >= 0.3 is 0 Å². The van der Waals surface area contributed by atoms with Crippen LogP contribution in [-0.4, -0.2) is 29.5 Å². The van der Waals surface area contributed by atoms with Gasteiger partial charge in [0.1, 0.15) is 12.7 Å². The van der Waals surface area contributed by atoms with Crippen molar-refractivity contribution in [3.05, 3.63) is 24.5 Å². The van der Waals surface area contributed by atoms with Crippen molar-refractivity contribution in [3.63, 3.8) is 0 Å². The largest absolute Gasteiger partial charge is 0.498 e. The standard InChI is InChI=1S/C17H28O3/c1-2-3-4-5-6-7-8-9-10-11-12-13-14-20-16-17(19)15-18/h9-10,13-14,17-19H,2-8,15-16H2,1H3/b10-9-,14-13-/t17-/m0/s1. The van der Waals surface area contributed by atoms with E-state index in [9.17, 15) is 0 Å². The van der Waals surface area contributed by atoms with Crippen molar-refractivity contribution in [2.24, 2.45) is 0 Å². The van der Waals surface area contributed by atoms with Crippen LogP contribution in [0.4, 0.5) is 0 Å². The fourth-order valence-corrected chi connectivity index (χ4v) is 1.58. The highest BCUT2D eigenvalue weighted by Crippen LogP contribution is 2.06. The van der Waals surface area contributed by atoms with Crippen LogP contribution in [0.3, 0.4) is 0 Å². The van der Waals surface area contributed by atoms with Gasteiger partial charge in [0.15, 0.2) is 0 Å². The molecule has 0 saturated carbocycles. The maximum Gasteiger partial charge on any atom is 0.115 e. The van der Waals surface area contributed by atoms with Gasteiger partial charge in [0.05, 0.1) is 12.9 Å². The minimum absolute atomic E-state index is 0.0859. The highest BCUT2D eigenvalue weighted by atomic mass is 16.5. The smallest absolute Gasteiger partial charge is 0.115 e. The first kappa shape index (κ1) is 18.8. The summed E-state index contributed by atoms with van der Waals surface area (Å²) >= 11 is 0. The average Bonchev–Trinajstić information content (AvgIpc) is 2.47. The molecule has 0 radical (unpaired) electrons. The molecule has 3 nitrogen and oxygen atoms in total. The normalized spacial score (nSPS) is 12.6. The second-order valence-electron chi connectivity index (χ2n) is 4.72. The molecule has 0 rings (SSSR count). The van der Waals surface area contributed by atoms with Gasteiger partial charge in [-0.2, -0.15) is 0 Å². The summed E-state index contributed by atoms with van der Waals surface area (Å²) in [5, 5.41) is 17.5. The molecule has 0 heterocycles. The predicted octanol–water partition coefficient (Wildman–Crippen LogP) is 3.18. The summed E-state index contributed by atoms with van der Waals surface area (Å²) in [5.41, 5.74) is 0. The van der Waals surface area contributed by atoms with Gasteiger partial charge in [-0.05, 0) is 18.9 Å². The van der Waals surface area contributed by atoms with E-state index in [1.807, 2.05) is 6.08 Å². The second kappa shape index (κ2) is 15.8. The lowest BCUT2D eigenvalue weighted by molar-refractivity contribution is 0.0385. The van der Waals surface area contributed by atoms with Crippen LogP contribution >= 0.6 is 0 Å². The molecule has 0 aromatic rings. The molecule has 0 aliphatic rings. The van der Waals surface area contributed by atoms with Crippen molar-refractivity contribution in [1.82, 2.24) is 0 Å². The monoisotopic (exact) mass is 280 g/mol. The van der Waals surface area contributed by atoms with Gasteiger partial charge in [-0.1, -0.05) is 56.9 Å². The summed E-state index contributed by atoms with van der Waals surface area (Å²) in [4.78, 5) is 0. The first-order valence-corrected chi connectivity index (χ1v) is 7.52. The maximum atomic E-state index is 8.99. The lowest BCUT2D eigenvalue weighted by Crippen LogP contribution is -2.17. The predicted molar refractivity (Wildman–Crippen MR) is 83.1 cm³/mol. The summed E-state index contributed by atoms with van der Waals surface area (Å²) in [6.45, 7) is 2.03. The number of unbranched alkanes of at least 4 members (excludes halogenated alkanes) is 6. The molecule has 2 N–H and O–H groups in total. The Morgan fingerprint density at radius 3 is 2.50 bits per heavy atom. The Labute approximate surface area is 123 Å². The second-order valence-corrected chi connectivity index (χ2v) is 4.72. The Bertz CT molecular complexity index is 310.